The number of benzene rings is 1. The topological polar surface area (TPSA) is 88.1 Å². The van der Waals surface area contributed by atoms with Crippen molar-refractivity contribution in [1.82, 2.24) is 10.2 Å². The zero-order valence-corrected chi connectivity index (χ0v) is 17.0. The molecule has 1 amide bonds. The molecule has 2 saturated heterocycles. The van der Waals surface area contributed by atoms with Crippen molar-refractivity contribution in [3.8, 4) is 0 Å². The summed E-state index contributed by atoms with van der Waals surface area (Å²) >= 11 is 0. The number of carbonyl (C=O) groups is 2. The number of rotatable bonds is 6. The molecular formula is C20H26F4N2O5. The summed E-state index contributed by atoms with van der Waals surface area (Å²) < 4.78 is 56.5. The van der Waals surface area contributed by atoms with Crippen LogP contribution in [0.1, 0.15) is 24.8 Å². The van der Waals surface area contributed by atoms with Crippen LogP contribution in [-0.2, 0) is 25.6 Å². The van der Waals surface area contributed by atoms with Gasteiger partial charge in [-0.3, -0.25) is 9.69 Å². The summed E-state index contributed by atoms with van der Waals surface area (Å²) in [5.41, 5.74) is 0.720. The van der Waals surface area contributed by atoms with Crippen LogP contribution in [0.15, 0.2) is 24.3 Å². The summed E-state index contributed by atoms with van der Waals surface area (Å²) in [4.78, 5) is 23.3. The molecule has 31 heavy (non-hydrogen) atoms. The number of halogens is 4. The summed E-state index contributed by atoms with van der Waals surface area (Å²) in [5.74, 6) is -2.97. The van der Waals surface area contributed by atoms with Crippen molar-refractivity contribution < 1.29 is 41.7 Å². The normalized spacial score (nSPS) is 23.5. The summed E-state index contributed by atoms with van der Waals surface area (Å²) in [6.45, 7) is 2.48. The molecule has 2 heterocycles. The first-order chi connectivity index (χ1) is 14.6. The number of amides is 1. The first-order valence-corrected chi connectivity index (χ1v) is 9.83. The van der Waals surface area contributed by atoms with E-state index in [1.54, 1.807) is 13.2 Å². The second-order valence-electron chi connectivity index (χ2n) is 7.25. The lowest BCUT2D eigenvalue weighted by Crippen LogP contribution is -2.48. The number of fused-ring (bicyclic) bond motifs is 1. The maximum atomic E-state index is 13.9. The lowest BCUT2D eigenvalue weighted by molar-refractivity contribution is -0.192. The highest BCUT2D eigenvalue weighted by Crippen LogP contribution is 2.32. The molecule has 0 bridgehead atoms. The van der Waals surface area contributed by atoms with Crippen LogP contribution in [0.25, 0.3) is 0 Å². The molecule has 0 unspecified atom stereocenters. The predicted octanol–water partition coefficient (Wildman–Crippen LogP) is 2.34. The van der Waals surface area contributed by atoms with E-state index in [4.69, 9.17) is 19.4 Å². The van der Waals surface area contributed by atoms with E-state index in [-0.39, 0.29) is 30.0 Å². The summed E-state index contributed by atoms with van der Waals surface area (Å²) in [6, 6.07) is 7.18. The molecule has 2 fully saturated rings. The quantitative estimate of drug-likeness (QED) is 0.511. The van der Waals surface area contributed by atoms with Crippen LogP contribution < -0.4 is 5.32 Å². The van der Waals surface area contributed by atoms with E-state index >= 15 is 0 Å². The highest BCUT2D eigenvalue weighted by atomic mass is 19.4. The first-order valence-electron chi connectivity index (χ1n) is 9.83. The molecule has 0 saturated carbocycles. The number of hydrogen-bond acceptors (Lipinski definition) is 5. The monoisotopic (exact) mass is 450 g/mol. The molecule has 1 aromatic rings. The summed E-state index contributed by atoms with van der Waals surface area (Å²) in [6.07, 6.45) is -2.91. The minimum Gasteiger partial charge on any atom is -0.475 e. The average Bonchev–Trinajstić information content (AvgIpc) is 3.11. The Morgan fingerprint density at radius 3 is 2.55 bits per heavy atom. The number of carboxylic acid groups (broad SMARTS) is 1. The Bertz CT molecular complexity index is 747. The summed E-state index contributed by atoms with van der Waals surface area (Å²) in [5, 5.41) is 9.96. The highest BCUT2D eigenvalue weighted by Gasteiger charge is 2.41. The number of carbonyl (C=O) groups excluding carboxylic acids is 1. The maximum absolute atomic E-state index is 13.9. The second-order valence-corrected chi connectivity index (χ2v) is 7.25. The van der Waals surface area contributed by atoms with E-state index in [1.807, 2.05) is 12.1 Å². The molecule has 2 aliphatic heterocycles. The van der Waals surface area contributed by atoms with Gasteiger partial charge in [-0.1, -0.05) is 18.2 Å². The van der Waals surface area contributed by atoms with Gasteiger partial charge >= 0.3 is 12.1 Å². The van der Waals surface area contributed by atoms with Crippen LogP contribution in [0.3, 0.4) is 0 Å². The minimum absolute atomic E-state index is 0.0574. The van der Waals surface area contributed by atoms with Gasteiger partial charge in [0.05, 0.1) is 12.7 Å². The van der Waals surface area contributed by atoms with Gasteiger partial charge in [0, 0.05) is 38.3 Å². The molecule has 2 aliphatic rings. The van der Waals surface area contributed by atoms with Crippen LogP contribution in [0, 0.1) is 5.82 Å². The number of nitrogens with one attached hydrogen (secondary N) is 1. The average molecular weight is 450 g/mol. The number of aliphatic carboxylic acids is 1. The number of likely N-dealkylation sites (tertiary alicyclic amines) is 1. The molecule has 1 aromatic carbocycles. The van der Waals surface area contributed by atoms with E-state index in [2.05, 4.69) is 10.2 Å². The first kappa shape index (κ1) is 25.0. The molecule has 0 aromatic heterocycles. The Hall–Kier alpha value is -2.24. The fourth-order valence-electron chi connectivity index (χ4n) is 3.64. The summed E-state index contributed by atoms with van der Waals surface area (Å²) in [7, 11) is 1.61. The number of nitrogens with zero attached hydrogens (tertiary/aromatic N) is 1. The number of ether oxygens (including phenoxy) is 2. The maximum Gasteiger partial charge on any atom is 0.490 e. The molecule has 3 atom stereocenters. The van der Waals surface area contributed by atoms with Gasteiger partial charge in [-0.2, -0.15) is 13.2 Å². The molecule has 3 rings (SSSR count). The van der Waals surface area contributed by atoms with Gasteiger partial charge in [-0.15, -0.1) is 0 Å². The Morgan fingerprint density at radius 2 is 1.94 bits per heavy atom. The third kappa shape index (κ3) is 7.44. The van der Waals surface area contributed by atoms with Crippen molar-refractivity contribution in [2.45, 2.75) is 50.2 Å². The van der Waals surface area contributed by atoms with Gasteiger partial charge in [0.25, 0.3) is 0 Å². The number of hydrogen-bond donors (Lipinski definition) is 2. The van der Waals surface area contributed by atoms with Crippen LogP contribution >= 0.6 is 0 Å². The Balaban J connectivity index is 0.000000423. The molecule has 0 radical (unpaired) electrons. The molecule has 2 N–H and O–H groups in total. The molecule has 174 valence electrons. The van der Waals surface area contributed by atoms with Crippen LogP contribution in [0.2, 0.25) is 0 Å². The van der Waals surface area contributed by atoms with Crippen molar-refractivity contribution in [2.75, 3.05) is 26.8 Å². The van der Waals surface area contributed by atoms with Gasteiger partial charge in [-0.25, -0.2) is 9.18 Å². The predicted molar refractivity (Wildman–Crippen MR) is 102 cm³/mol. The fraction of sp³-hybridized carbons (Fsp3) is 0.600. The second kappa shape index (κ2) is 11.4. The molecule has 0 spiro atoms. The zero-order chi connectivity index (χ0) is 23.0. The Kier molecular flexibility index (Phi) is 9.20. The Morgan fingerprint density at radius 1 is 1.26 bits per heavy atom. The van der Waals surface area contributed by atoms with Crippen molar-refractivity contribution in [3.63, 3.8) is 0 Å². The van der Waals surface area contributed by atoms with Crippen molar-refractivity contribution in [2.24, 2.45) is 0 Å². The van der Waals surface area contributed by atoms with Gasteiger partial charge in [0.1, 0.15) is 11.9 Å². The van der Waals surface area contributed by atoms with E-state index in [0.29, 0.717) is 26.1 Å². The number of alkyl halides is 3. The Labute approximate surface area is 177 Å². The van der Waals surface area contributed by atoms with E-state index in [1.165, 1.54) is 6.07 Å². The van der Waals surface area contributed by atoms with Crippen LogP contribution in [0.4, 0.5) is 17.6 Å². The third-order valence-electron chi connectivity index (χ3n) is 5.13. The van der Waals surface area contributed by atoms with Gasteiger partial charge in [0.15, 0.2) is 0 Å². The largest absolute Gasteiger partial charge is 0.490 e. The van der Waals surface area contributed by atoms with Gasteiger partial charge in [0.2, 0.25) is 5.91 Å². The number of carboxylic acids is 1. The van der Waals surface area contributed by atoms with Crippen molar-refractivity contribution in [1.29, 1.82) is 0 Å². The fourth-order valence-corrected chi connectivity index (χ4v) is 3.64. The lowest BCUT2D eigenvalue weighted by atomic mass is 9.98. The molecule has 7 nitrogen and oxygen atoms in total. The standard InChI is InChI=1S/C18H25FN2O3.C2HF3O2/c1-23-11-9-20-18(22)17-7-6-15-16(24-17)8-10-21(15)12-13-4-2-3-5-14(13)19;3-2(4,5)1(6)7/h2-5,15-17H,6-12H2,1H3,(H,20,22);(H,6,7)/t15-,16-,17-;/m1./s1. The van der Waals surface area contributed by atoms with Crippen LogP contribution in [0.5, 0.6) is 0 Å². The van der Waals surface area contributed by atoms with Crippen LogP contribution in [-0.4, -0.2) is 73.1 Å². The highest BCUT2D eigenvalue weighted by molar-refractivity contribution is 5.80. The lowest BCUT2D eigenvalue weighted by Gasteiger charge is -2.35. The minimum atomic E-state index is -5.08. The molecule has 11 heteroatoms. The van der Waals surface area contributed by atoms with Gasteiger partial charge in [-0.05, 0) is 25.3 Å². The SMILES string of the molecule is COCCNC(=O)[C@H]1CC[C@@H]2[C@@H](CCN2Cc2ccccc2F)O1.O=C(O)C(F)(F)F. The number of methoxy groups -OCH3 is 1. The van der Waals surface area contributed by atoms with Crippen molar-refractivity contribution >= 4 is 11.9 Å². The third-order valence-corrected chi connectivity index (χ3v) is 5.13. The zero-order valence-electron chi connectivity index (χ0n) is 17.0. The smallest absolute Gasteiger partial charge is 0.475 e. The van der Waals surface area contributed by atoms with E-state index in [9.17, 15) is 22.4 Å². The van der Waals surface area contributed by atoms with Gasteiger partial charge < -0.3 is 19.9 Å². The van der Waals surface area contributed by atoms with E-state index < -0.39 is 12.1 Å². The van der Waals surface area contributed by atoms with Crippen molar-refractivity contribution in [3.05, 3.63) is 35.6 Å². The molecular weight excluding hydrogens is 424 g/mol. The molecule has 0 aliphatic carbocycles. The van der Waals surface area contributed by atoms with E-state index in [0.717, 1.165) is 24.9 Å².